The Morgan fingerprint density at radius 1 is 0.524 bits per heavy atom. The number of hydrogen-bond acceptors (Lipinski definition) is 3. The van der Waals surface area contributed by atoms with Gasteiger partial charge in [0, 0.05) is 28.4 Å². The molecule has 2 aromatic heterocycles. The zero-order valence-electron chi connectivity index (χ0n) is 22.5. The first-order valence-corrected chi connectivity index (χ1v) is 14.1. The van der Waals surface area contributed by atoms with Crippen LogP contribution in [-0.4, -0.2) is 19.6 Å². The lowest BCUT2D eigenvalue weighted by Crippen LogP contribution is -1.98. The third-order valence-electron chi connectivity index (χ3n) is 8.52. The van der Waals surface area contributed by atoms with Gasteiger partial charge >= 0.3 is 0 Å². The second-order valence-corrected chi connectivity index (χ2v) is 10.8. The molecule has 0 spiro atoms. The SMILES string of the molecule is Oc1c(-c2ccc3ccc4c(-c5nc6ccccc6n5-c5ccccc5)ccc5ccc2c3c54)ccc2cccnc12. The number of aromatic hydroxyl groups is 1. The molecule has 0 unspecified atom stereocenters. The Morgan fingerprint density at radius 2 is 1.17 bits per heavy atom. The van der Waals surface area contributed by atoms with Crippen molar-refractivity contribution < 1.29 is 5.11 Å². The second kappa shape index (κ2) is 8.63. The fourth-order valence-electron chi connectivity index (χ4n) is 6.62. The maximum absolute atomic E-state index is 11.3. The summed E-state index contributed by atoms with van der Waals surface area (Å²) >= 11 is 0. The van der Waals surface area contributed by atoms with Crippen LogP contribution in [0.1, 0.15) is 0 Å². The lowest BCUT2D eigenvalue weighted by molar-refractivity contribution is 0.482. The molecule has 0 aliphatic carbocycles. The maximum atomic E-state index is 11.3. The standard InChI is InChI=1S/C38H23N3O/c42-37-30(20-16-25-7-6-22-39-36(25)37)27-17-12-23-14-19-29-31(21-15-24-13-18-28(27)34(23)35(24)29)38-40-32-10-4-5-11-33(32)41(38)26-8-2-1-3-9-26/h1-22,42H. The molecule has 9 aromatic rings. The number of phenolic OH excluding ortho intramolecular Hbond substituents is 1. The van der Waals surface area contributed by atoms with Gasteiger partial charge in [0.05, 0.1) is 11.0 Å². The molecular formula is C38H23N3O. The van der Waals surface area contributed by atoms with Crippen LogP contribution in [-0.2, 0) is 0 Å². The molecule has 0 amide bonds. The van der Waals surface area contributed by atoms with E-state index in [-0.39, 0.29) is 5.75 Å². The number of nitrogens with zero attached hydrogens (tertiary/aromatic N) is 3. The van der Waals surface area contributed by atoms with Gasteiger partial charge in [0.25, 0.3) is 0 Å². The zero-order chi connectivity index (χ0) is 27.8. The van der Waals surface area contributed by atoms with Crippen LogP contribution in [0.3, 0.4) is 0 Å². The summed E-state index contributed by atoms with van der Waals surface area (Å²) < 4.78 is 2.26. The highest BCUT2D eigenvalue weighted by Gasteiger charge is 2.20. The molecule has 1 N–H and O–H groups in total. The molecular weight excluding hydrogens is 514 g/mol. The van der Waals surface area contributed by atoms with Gasteiger partial charge in [-0.3, -0.25) is 9.55 Å². The molecule has 7 aromatic carbocycles. The molecule has 196 valence electrons. The van der Waals surface area contributed by atoms with Crippen LogP contribution < -0.4 is 0 Å². The summed E-state index contributed by atoms with van der Waals surface area (Å²) in [7, 11) is 0. The van der Waals surface area contributed by atoms with Crippen molar-refractivity contribution in [1.29, 1.82) is 0 Å². The first-order valence-electron chi connectivity index (χ1n) is 14.1. The highest BCUT2D eigenvalue weighted by atomic mass is 16.3. The van der Waals surface area contributed by atoms with Crippen LogP contribution in [0.5, 0.6) is 5.75 Å². The van der Waals surface area contributed by atoms with E-state index in [1.807, 2.05) is 36.4 Å². The Hall–Kier alpha value is -5.74. The van der Waals surface area contributed by atoms with E-state index in [1.165, 1.54) is 21.5 Å². The first-order chi connectivity index (χ1) is 20.8. The van der Waals surface area contributed by atoms with E-state index in [4.69, 9.17) is 4.98 Å². The monoisotopic (exact) mass is 537 g/mol. The van der Waals surface area contributed by atoms with E-state index in [1.54, 1.807) is 6.20 Å². The van der Waals surface area contributed by atoms with Crippen LogP contribution in [0.2, 0.25) is 0 Å². The van der Waals surface area contributed by atoms with Crippen LogP contribution in [0.15, 0.2) is 134 Å². The minimum Gasteiger partial charge on any atom is -0.505 e. The minimum absolute atomic E-state index is 0.209. The van der Waals surface area contributed by atoms with Gasteiger partial charge in [0.2, 0.25) is 0 Å². The fraction of sp³-hybridized carbons (Fsp3) is 0. The molecule has 0 bridgehead atoms. The lowest BCUT2D eigenvalue weighted by atomic mass is 9.88. The summed E-state index contributed by atoms with van der Waals surface area (Å²) in [5, 5.41) is 19.2. The quantitative estimate of drug-likeness (QED) is 0.228. The Morgan fingerprint density at radius 3 is 1.98 bits per heavy atom. The van der Waals surface area contributed by atoms with Crippen LogP contribution in [0.4, 0.5) is 0 Å². The summed E-state index contributed by atoms with van der Waals surface area (Å²) in [6.45, 7) is 0. The Labute approximate surface area is 241 Å². The average Bonchev–Trinajstić information content (AvgIpc) is 3.44. The molecule has 9 rings (SSSR count). The summed E-state index contributed by atoms with van der Waals surface area (Å²) in [5.74, 6) is 1.12. The largest absolute Gasteiger partial charge is 0.505 e. The van der Waals surface area contributed by atoms with Crippen molar-refractivity contribution in [1.82, 2.24) is 14.5 Å². The van der Waals surface area contributed by atoms with E-state index < -0.39 is 0 Å². The summed E-state index contributed by atoms with van der Waals surface area (Å²) in [5.41, 5.74) is 6.59. The molecule has 0 atom stereocenters. The summed E-state index contributed by atoms with van der Waals surface area (Å²) in [6.07, 6.45) is 1.72. The highest BCUT2D eigenvalue weighted by molar-refractivity contribution is 6.27. The van der Waals surface area contributed by atoms with Crippen molar-refractivity contribution in [2.45, 2.75) is 0 Å². The second-order valence-electron chi connectivity index (χ2n) is 10.8. The molecule has 4 nitrogen and oxygen atoms in total. The molecule has 0 saturated carbocycles. The predicted molar refractivity (Wildman–Crippen MR) is 173 cm³/mol. The van der Waals surface area contributed by atoms with Gasteiger partial charge in [-0.25, -0.2) is 4.98 Å². The fourth-order valence-corrected chi connectivity index (χ4v) is 6.62. The normalized spacial score (nSPS) is 11.9. The van der Waals surface area contributed by atoms with Gasteiger partial charge in [-0.1, -0.05) is 84.9 Å². The van der Waals surface area contributed by atoms with Crippen molar-refractivity contribution in [3.8, 4) is 34.0 Å². The van der Waals surface area contributed by atoms with Gasteiger partial charge in [-0.2, -0.15) is 0 Å². The number of para-hydroxylation sites is 3. The Bertz CT molecular complexity index is 2480. The van der Waals surface area contributed by atoms with E-state index in [2.05, 4.69) is 101 Å². The molecule has 0 aliphatic heterocycles. The zero-order valence-corrected chi connectivity index (χ0v) is 22.5. The Balaban J connectivity index is 1.36. The third-order valence-corrected chi connectivity index (χ3v) is 8.52. The van der Waals surface area contributed by atoms with Crippen LogP contribution >= 0.6 is 0 Å². The van der Waals surface area contributed by atoms with Gasteiger partial charge < -0.3 is 5.11 Å². The molecule has 42 heavy (non-hydrogen) atoms. The van der Waals surface area contributed by atoms with E-state index >= 15 is 0 Å². The van der Waals surface area contributed by atoms with E-state index in [0.29, 0.717) is 5.52 Å². The minimum atomic E-state index is 0.209. The number of pyridine rings is 1. The highest BCUT2D eigenvalue weighted by Crippen LogP contribution is 2.45. The molecule has 4 heteroatoms. The van der Waals surface area contributed by atoms with Gasteiger partial charge in [-0.15, -0.1) is 0 Å². The molecule has 0 aliphatic rings. The van der Waals surface area contributed by atoms with Crippen molar-refractivity contribution in [2.75, 3.05) is 0 Å². The maximum Gasteiger partial charge on any atom is 0.149 e. The number of benzene rings is 7. The van der Waals surface area contributed by atoms with Gasteiger partial charge in [0.15, 0.2) is 0 Å². The van der Waals surface area contributed by atoms with Gasteiger partial charge in [-0.05, 0) is 80.3 Å². The van der Waals surface area contributed by atoms with Crippen LogP contribution in [0, 0.1) is 0 Å². The van der Waals surface area contributed by atoms with Crippen molar-refractivity contribution in [3.63, 3.8) is 0 Å². The number of rotatable bonds is 3. The summed E-state index contributed by atoms with van der Waals surface area (Å²) in [6, 6.07) is 44.1. The van der Waals surface area contributed by atoms with E-state index in [9.17, 15) is 5.11 Å². The van der Waals surface area contributed by atoms with Crippen molar-refractivity contribution in [3.05, 3.63) is 134 Å². The van der Waals surface area contributed by atoms with E-state index in [0.717, 1.165) is 55.4 Å². The topological polar surface area (TPSA) is 50.9 Å². The van der Waals surface area contributed by atoms with Gasteiger partial charge in [0.1, 0.15) is 17.1 Å². The predicted octanol–water partition coefficient (Wildman–Crippen LogP) is 9.51. The Kier molecular flexibility index (Phi) is 4.73. The molecule has 0 radical (unpaired) electrons. The van der Waals surface area contributed by atoms with Crippen molar-refractivity contribution >= 4 is 54.3 Å². The molecule has 2 heterocycles. The number of imidazole rings is 1. The molecule has 0 fully saturated rings. The average molecular weight is 538 g/mol. The number of aromatic nitrogens is 3. The number of fused-ring (bicyclic) bond motifs is 2. The lowest BCUT2D eigenvalue weighted by Gasteiger charge is -2.17. The third kappa shape index (κ3) is 3.17. The van der Waals surface area contributed by atoms with Crippen LogP contribution in [0.25, 0.3) is 82.5 Å². The van der Waals surface area contributed by atoms with Crippen molar-refractivity contribution in [2.24, 2.45) is 0 Å². The first kappa shape index (κ1) is 23.0. The number of phenols is 1. The molecule has 0 saturated heterocycles. The number of hydrogen-bond donors (Lipinski definition) is 1. The smallest absolute Gasteiger partial charge is 0.149 e. The summed E-state index contributed by atoms with van der Waals surface area (Å²) in [4.78, 5) is 9.64.